The van der Waals surface area contributed by atoms with Gasteiger partial charge in [-0.05, 0) is 31.0 Å². The van der Waals surface area contributed by atoms with Crippen molar-refractivity contribution in [2.24, 2.45) is 0 Å². The van der Waals surface area contributed by atoms with E-state index in [-0.39, 0.29) is 29.2 Å². The summed E-state index contributed by atoms with van der Waals surface area (Å²) in [6.45, 7) is 3.25. The van der Waals surface area contributed by atoms with Gasteiger partial charge in [0.15, 0.2) is 15.0 Å². The first-order valence-electron chi connectivity index (χ1n) is 10.1. The standard InChI is InChI=1S/C22H25N3O3S2/c1-2-24-20-11-7-6-10-19(20)23-22(24)29-15-21(26)25(14-17-8-4-3-5-9-17)18-12-13-30(27,28)16-18/h3-11,18H,2,12-16H2,1H3. The zero-order valence-electron chi connectivity index (χ0n) is 16.9. The SMILES string of the molecule is CCn1c(SCC(=O)N(Cc2ccccc2)C2CCS(=O)(=O)C2)nc2ccccc21. The van der Waals surface area contributed by atoms with E-state index in [1.165, 1.54) is 11.8 Å². The van der Waals surface area contributed by atoms with Crippen LogP contribution in [0.4, 0.5) is 0 Å². The van der Waals surface area contributed by atoms with E-state index in [2.05, 4.69) is 16.5 Å². The average Bonchev–Trinajstić information content (AvgIpc) is 3.29. The quantitative estimate of drug-likeness (QED) is 0.524. The topological polar surface area (TPSA) is 72.3 Å². The fourth-order valence-electron chi connectivity index (χ4n) is 3.90. The molecule has 0 radical (unpaired) electrons. The monoisotopic (exact) mass is 443 g/mol. The zero-order chi connectivity index (χ0) is 21.1. The van der Waals surface area contributed by atoms with Crippen molar-refractivity contribution in [3.8, 4) is 0 Å². The number of thioether (sulfide) groups is 1. The second kappa shape index (κ2) is 8.81. The minimum Gasteiger partial charge on any atom is -0.334 e. The molecule has 1 aliphatic heterocycles. The largest absolute Gasteiger partial charge is 0.334 e. The van der Waals surface area contributed by atoms with Crippen molar-refractivity contribution in [3.63, 3.8) is 0 Å². The maximum Gasteiger partial charge on any atom is 0.233 e. The molecule has 1 unspecified atom stereocenters. The Labute approximate surface area is 181 Å². The Morgan fingerprint density at radius 3 is 2.60 bits per heavy atom. The van der Waals surface area contributed by atoms with Gasteiger partial charge in [0.2, 0.25) is 5.91 Å². The molecule has 1 aliphatic rings. The lowest BCUT2D eigenvalue weighted by Gasteiger charge is -2.28. The third kappa shape index (κ3) is 4.54. The van der Waals surface area contributed by atoms with Crippen LogP contribution in [0.5, 0.6) is 0 Å². The number of carbonyl (C=O) groups is 1. The lowest BCUT2D eigenvalue weighted by Crippen LogP contribution is -2.41. The van der Waals surface area contributed by atoms with Gasteiger partial charge >= 0.3 is 0 Å². The van der Waals surface area contributed by atoms with Crippen LogP contribution in [-0.2, 0) is 27.7 Å². The van der Waals surface area contributed by atoms with Crippen molar-refractivity contribution in [1.82, 2.24) is 14.5 Å². The summed E-state index contributed by atoms with van der Waals surface area (Å²) >= 11 is 1.41. The summed E-state index contributed by atoms with van der Waals surface area (Å²) in [6.07, 6.45) is 0.499. The Hall–Kier alpha value is -2.32. The van der Waals surface area contributed by atoms with Crippen molar-refractivity contribution in [1.29, 1.82) is 0 Å². The molecule has 1 atom stereocenters. The van der Waals surface area contributed by atoms with Crippen molar-refractivity contribution < 1.29 is 13.2 Å². The van der Waals surface area contributed by atoms with E-state index in [0.717, 1.165) is 28.3 Å². The molecule has 1 saturated heterocycles. The second-order valence-electron chi connectivity index (χ2n) is 7.48. The Bertz CT molecular complexity index is 1140. The molecule has 30 heavy (non-hydrogen) atoms. The number of sulfone groups is 1. The number of para-hydroxylation sites is 2. The van der Waals surface area contributed by atoms with Crippen LogP contribution in [0.2, 0.25) is 0 Å². The van der Waals surface area contributed by atoms with Crippen molar-refractivity contribution in [2.75, 3.05) is 17.3 Å². The highest BCUT2D eigenvalue weighted by Gasteiger charge is 2.34. The molecule has 1 aromatic heterocycles. The Balaban J connectivity index is 1.53. The van der Waals surface area contributed by atoms with Crippen LogP contribution in [0.15, 0.2) is 59.8 Å². The van der Waals surface area contributed by atoms with E-state index in [4.69, 9.17) is 0 Å². The Kier molecular flexibility index (Phi) is 6.15. The van der Waals surface area contributed by atoms with Crippen LogP contribution >= 0.6 is 11.8 Å². The smallest absolute Gasteiger partial charge is 0.233 e. The number of aromatic nitrogens is 2. The number of benzene rings is 2. The highest BCUT2D eigenvalue weighted by Crippen LogP contribution is 2.26. The molecule has 158 valence electrons. The molecule has 6 nitrogen and oxygen atoms in total. The summed E-state index contributed by atoms with van der Waals surface area (Å²) in [4.78, 5) is 19.6. The van der Waals surface area contributed by atoms with E-state index in [9.17, 15) is 13.2 Å². The highest BCUT2D eigenvalue weighted by atomic mass is 32.2. The lowest BCUT2D eigenvalue weighted by atomic mass is 10.1. The molecule has 0 spiro atoms. The Morgan fingerprint density at radius 1 is 1.17 bits per heavy atom. The normalized spacial score (nSPS) is 18.0. The summed E-state index contributed by atoms with van der Waals surface area (Å²) in [5.74, 6) is 0.367. The van der Waals surface area contributed by atoms with Crippen LogP contribution in [0.25, 0.3) is 11.0 Å². The van der Waals surface area contributed by atoms with Gasteiger partial charge in [-0.15, -0.1) is 0 Å². The molecule has 2 heterocycles. The van der Waals surface area contributed by atoms with E-state index in [0.29, 0.717) is 13.0 Å². The van der Waals surface area contributed by atoms with E-state index in [1.54, 1.807) is 4.90 Å². The second-order valence-corrected chi connectivity index (χ2v) is 10.7. The molecule has 1 amide bonds. The number of hydrogen-bond acceptors (Lipinski definition) is 5. The fourth-order valence-corrected chi connectivity index (χ4v) is 6.60. The molecule has 1 fully saturated rings. The maximum absolute atomic E-state index is 13.2. The number of rotatable bonds is 7. The molecule has 0 saturated carbocycles. The van der Waals surface area contributed by atoms with Gasteiger partial charge in [0.05, 0.1) is 28.3 Å². The van der Waals surface area contributed by atoms with Gasteiger partial charge in [-0.2, -0.15) is 0 Å². The fraction of sp³-hybridized carbons (Fsp3) is 0.364. The highest BCUT2D eigenvalue weighted by molar-refractivity contribution is 7.99. The van der Waals surface area contributed by atoms with Crippen molar-refractivity contribution in [3.05, 3.63) is 60.2 Å². The number of carbonyl (C=O) groups excluding carboxylic acids is 1. The Morgan fingerprint density at radius 2 is 1.90 bits per heavy atom. The van der Waals surface area contributed by atoms with Crippen molar-refractivity contribution >= 4 is 38.5 Å². The first-order valence-corrected chi connectivity index (χ1v) is 12.9. The van der Waals surface area contributed by atoms with Crippen LogP contribution in [0.1, 0.15) is 18.9 Å². The number of hydrogen-bond donors (Lipinski definition) is 0. The molecule has 0 bridgehead atoms. The van der Waals surface area contributed by atoms with E-state index in [1.807, 2.05) is 54.6 Å². The van der Waals surface area contributed by atoms with Gasteiger partial charge < -0.3 is 9.47 Å². The average molecular weight is 444 g/mol. The number of nitrogens with zero attached hydrogens (tertiary/aromatic N) is 3. The third-order valence-corrected chi connectivity index (χ3v) is 8.14. The minimum absolute atomic E-state index is 0.0454. The summed E-state index contributed by atoms with van der Waals surface area (Å²) in [6, 6.07) is 17.4. The van der Waals surface area contributed by atoms with Gasteiger partial charge in [-0.3, -0.25) is 4.79 Å². The maximum atomic E-state index is 13.2. The molecule has 3 aromatic rings. The van der Waals surface area contributed by atoms with Crippen LogP contribution in [0.3, 0.4) is 0 Å². The predicted molar refractivity (Wildman–Crippen MR) is 120 cm³/mol. The molecule has 2 aromatic carbocycles. The summed E-state index contributed by atoms with van der Waals surface area (Å²) in [7, 11) is -3.08. The first kappa shape index (κ1) is 20.9. The molecular formula is C22H25N3O3S2. The number of imidazole rings is 1. The molecule has 0 aliphatic carbocycles. The summed E-state index contributed by atoms with van der Waals surface area (Å²) in [5, 5.41) is 0.811. The van der Waals surface area contributed by atoms with Gasteiger partial charge in [-0.1, -0.05) is 54.2 Å². The van der Waals surface area contributed by atoms with Crippen LogP contribution in [0, 0.1) is 0 Å². The summed E-state index contributed by atoms with van der Waals surface area (Å²) in [5.41, 5.74) is 2.97. The van der Waals surface area contributed by atoms with E-state index < -0.39 is 9.84 Å². The van der Waals surface area contributed by atoms with E-state index >= 15 is 0 Å². The van der Waals surface area contributed by atoms with Crippen molar-refractivity contribution in [2.45, 2.75) is 37.6 Å². The summed E-state index contributed by atoms with van der Waals surface area (Å²) < 4.78 is 26.2. The molecular weight excluding hydrogens is 418 g/mol. The molecule has 8 heteroatoms. The third-order valence-electron chi connectivity index (χ3n) is 5.43. The number of aryl methyl sites for hydroxylation is 1. The van der Waals surface area contributed by atoms with Gasteiger partial charge in [0.1, 0.15) is 0 Å². The lowest BCUT2D eigenvalue weighted by molar-refractivity contribution is -0.130. The van der Waals surface area contributed by atoms with Gasteiger partial charge in [0, 0.05) is 19.1 Å². The minimum atomic E-state index is -3.08. The van der Waals surface area contributed by atoms with Crippen LogP contribution in [-0.4, -0.2) is 52.1 Å². The number of amides is 1. The molecule has 0 N–H and O–H groups in total. The van der Waals surface area contributed by atoms with Gasteiger partial charge in [-0.25, -0.2) is 13.4 Å². The van der Waals surface area contributed by atoms with Crippen LogP contribution < -0.4 is 0 Å². The van der Waals surface area contributed by atoms with Gasteiger partial charge in [0.25, 0.3) is 0 Å². The predicted octanol–water partition coefficient (Wildman–Crippen LogP) is 3.36. The zero-order valence-corrected chi connectivity index (χ0v) is 18.5. The number of fused-ring (bicyclic) bond motifs is 1. The first-order chi connectivity index (χ1) is 14.5. The molecule has 4 rings (SSSR count).